The molecule has 8 heteroatoms. The second-order valence-electron chi connectivity index (χ2n) is 6.94. The van der Waals surface area contributed by atoms with E-state index < -0.39 is 17.9 Å². The Balaban J connectivity index is 1.56. The number of hydrogen-bond acceptors (Lipinski definition) is 4. The van der Waals surface area contributed by atoms with Crippen LogP contribution in [0.15, 0.2) is 47.5 Å². The first-order chi connectivity index (χ1) is 13.5. The smallest absolute Gasteiger partial charge is 0.345 e. The molecule has 1 saturated heterocycles. The molecule has 0 N–H and O–H groups in total. The van der Waals surface area contributed by atoms with Crippen LogP contribution >= 0.6 is 0 Å². The van der Waals surface area contributed by atoms with E-state index in [4.69, 9.17) is 9.47 Å². The lowest BCUT2D eigenvalue weighted by atomic mass is 9.83. The van der Waals surface area contributed by atoms with Gasteiger partial charge in [0.1, 0.15) is 11.7 Å². The Morgan fingerprint density at radius 1 is 1.07 bits per heavy atom. The van der Waals surface area contributed by atoms with E-state index in [0.29, 0.717) is 23.0 Å². The van der Waals surface area contributed by atoms with Gasteiger partial charge in [-0.05, 0) is 42.0 Å². The Labute approximate surface area is 160 Å². The van der Waals surface area contributed by atoms with E-state index in [0.717, 1.165) is 5.56 Å². The maximum atomic E-state index is 13.3. The summed E-state index contributed by atoms with van der Waals surface area (Å²) in [5.41, 5.74) is 1.36. The fourth-order valence-corrected chi connectivity index (χ4v) is 4.00. The maximum Gasteiger partial charge on any atom is 0.345 e. The molecule has 7 nitrogen and oxygen atoms in total. The van der Waals surface area contributed by atoms with Crippen LogP contribution in [-0.2, 0) is 4.79 Å². The number of amides is 3. The minimum atomic E-state index is -0.410. The van der Waals surface area contributed by atoms with Crippen LogP contribution in [0.3, 0.4) is 0 Å². The first-order valence-corrected chi connectivity index (χ1v) is 8.86. The van der Waals surface area contributed by atoms with Crippen LogP contribution in [0.5, 0.6) is 11.5 Å². The number of rotatable bonds is 2. The molecule has 0 aliphatic carbocycles. The van der Waals surface area contributed by atoms with Gasteiger partial charge in [-0.3, -0.25) is 9.69 Å². The minimum Gasteiger partial charge on any atom is -0.454 e. The quantitative estimate of drug-likeness (QED) is 0.802. The van der Waals surface area contributed by atoms with Crippen LogP contribution in [0.4, 0.5) is 14.9 Å². The first-order valence-electron chi connectivity index (χ1n) is 8.86. The van der Waals surface area contributed by atoms with Crippen molar-refractivity contribution in [1.29, 1.82) is 0 Å². The third-order valence-corrected chi connectivity index (χ3v) is 5.36. The molecule has 0 saturated carbocycles. The van der Waals surface area contributed by atoms with Crippen molar-refractivity contribution in [3.63, 3.8) is 0 Å². The van der Waals surface area contributed by atoms with E-state index in [1.807, 2.05) is 18.2 Å². The largest absolute Gasteiger partial charge is 0.454 e. The molecule has 0 spiro atoms. The Hall–Kier alpha value is -3.42. The van der Waals surface area contributed by atoms with Crippen molar-refractivity contribution in [3.8, 4) is 11.5 Å². The number of amidine groups is 1. The highest BCUT2D eigenvalue weighted by molar-refractivity contribution is 6.25. The Morgan fingerprint density at radius 3 is 2.61 bits per heavy atom. The molecule has 2 aromatic carbocycles. The predicted octanol–water partition coefficient (Wildman–Crippen LogP) is 2.91. The molecule has 3 amide bonds. The van der Waals surface area contributed by atoms with Crippen LogP contribution in [0, 0.1) is 5.82 Å². The standard InChI is InChI=1S/C20H16FN3O4/c1-23-18-14(11-2-7-15-16(8-11)28-10-27-15)9-17(25)24(19(18)22-20(23)26)13-5-3-12(21)4-6-13/h2-8,14,18H,9-10H2,1H3. The zero-order chi connectivity index (χ0) is 19.4. The van der Waals surface area contributed by atoms with Crippen molar-refractivity contribution >= 4 is 23.5 Å². The second-order valence-corrected chi connectivity index (χ2v) is 6.94. The van der Waals surface area contributed by atoms with Gasteiger partial charge in [0, 0.05) is 19.4 Å². The summed E-state index contributed by atoms with van der Waals surface area (Å²) < 4.78 is 24.1. The van der Waals surface area contributed by atoms with E-state index in [1.54, 1.807) is 7.05 Å². The van der Waals surface area contributed by atoms with Crippen molar-refractivity contribution in [1.82, 2.24) is 4.90 Å². The van der Waals surface area contributed by atoms with Gasteiger partial charge in [0.05, 0.1) is 11.7 Å². The number of benzene rings is 2. The van der Waals surface area contributed by atoms with Gasteiger partial charge in [-0.25, -0.2) is 9.18 Å². The van der Waals surface area contributed by atoms with Gasteiger partial charge in [-0.1, -0.05) is 6.07 Å². The number of anilines is 1. The summed E-state index contributed by atoms with van der Waals surface area (Å²) in [5, 5.41) is 0. The van der Waals surface area contributed by atoms with Gasteiger partial charge in [-0.2, -0.15) is 4.99 Å². The summed E-state index contributed by atoms with van der Waals surface area (Å²) >= 11 is 0. The molecule has 142 valence electrons. The molecule has 1 fully saturated rings. The third kappa shape index (κ3) is 2.45. The van der Waals surface area contributed by atoms with Crippen LogP contribution in [0.1, 0.15) is 17.9 Å². The lowest BCUT2D eigenvalue weighted by Gasteiger charge is -2.39. The number of urea groups is 1. The fraction of sp³-hybridized carbons (Fsp3) is 0.250. The van der Waals surface area contributed by atoms with Crippen LogP contribution in [0.2, 0.25) is 0 Å². The van der Waals surface area contributed by atoms with E-state index >= 15 is 0 Å². The monoisotopic (exact) mass is 381 g/mol. The molecule has 3 aliphatic rings. The van der Waals surface area contributed by atoms with E-state index in [9.17, 15) is 14.0 Å². The van der Waals surface area contributed by atoms with Gasteiger partial charge >= 0.3 is 6.03 Å². The van der Waals surface area contributed by atoms with Crippen molar-refractivity contribution in [3.05, 3.63) is 53.8 Å². The van der Waals surface area contributed by atoms with Gasteiger partial charge in [0.2, 0.25) is 12.7 Å². The molecule has 5 rings (SSSR count). The predicted molar refractivity (Wildman–Crippen MR) is 98.2 cm³/mol. The van der Waals surface area contributed by atoms with E-state index in [2.05, 4.69) is 4.99 Å². The van der Waals surface area contributed by atoms with Crippen LogP contribution in [0.25, 0.3) is 0 Å². The lowest BCUT2D eigenvalue weighted by Crippen LogP contribution is -2.54. The second kappa shape index (κ2) is 6.05. The fourth-order valence-electron chi connectivity index (χ4n) is 4.00. The molecule has 2 unspecified atom stereocenters. The highest BCUT2D eigenvalue weighted by Crippen LogP contribution is 2.41. The lowest BCUT2D eigenvalue weighted by molar-refractivity contribution is -0.118. The van der Waals surface area contributed by atoms with Crippen LogP contribution < -0.4 is 14.4 Å². The molecular weight excluding hydrogens is 365 g/mol. The summed E-state index contributed by atoms with van der Waals surface area (Å²) in [6.45, 7) is 0.162. The molecule has 0 radical (unpaired) electrons. The topological polar surface area (TPSA) is 71.4 Å². The number of hydrogen-bond donors (Lipinski definition) is 0. The van der Waals surface area contributed by atoms with Crippen LogP contribution in [-0.4, -0.2) is 42.6 Å². The van der Waals surface area contributed by atoms with Gasteiger partial charge in [-0.15, -0.1) is 0 Å². The summed E-state index contributed by atoms with van der Waals surface area (Å²) in [6.07, 6.45) is 0.179. The number of carbonyl (C=O) groups is 2. The number of carbonyl (C=O) groups excluding carboxylic acids is 2. The molecule has 2 atom stereocenters. The maximum absolute atomic E-state index is 13.3. The highest BCUT2D eigenvalue weighted by atomic mass is 19.1. The summed E-state index contributed by atoms with van der Waals surface area (Å²) in [7, 11) is 1.67. The number of ether oxygens (including phenoxy) is 2. The molecule has 3 heterocycles. The first kappa shape index (κ1) is 16.7. The van der Waals surface area contributed by atoms with E-state index in [-0.39, 0.29) is 25.0 Å². The number of likely N-dealkylation sites (N-methyl/N-ethyl adjacent to an activating group) is 1. The van der Waals surface area contributed by atoms with Gasteiger partial charge < -0.3 is 14.4 Å². The number of fused-ring (bicyclic) bond motifs is 2. The normalized spacial score (nSPS) is 23.1. The Bertz CT molecular complexity index is 1020. The van der Waals surface area contributed by atoms with Crippen molar-refractivity contribution < 1.29 is 23.5 Å². The highest BCUT2D eigenvalue weighted by Gasteiger charge is 2.48. The summed E-state index contributed by atoms with van der Waals surface area (Å²) in [5.74, 6) is 0.767. The van der Waals surface area contributed by atoms with Gasteiger partial charge in [0.15, 0.2) is 11.5 Å². The third-order valence-electron chi connectivity index (χ3n) is 5.36. The summed E-state index contributed by atoms with van der Waals surface area (Å²) in [4.78, 5) is 32.4. The molecular formula is C20H16FN3O4. The van der Waals surface area contributed by atoms with E-state index in [1.165, 1.54) is 34.1 Å². The summed E-state index contributed by atoms with van der Waals surface area (Å²) in [6, 6.07) is 10.3. The Kier molecular flexibility index (Phi) is 3.61. The SMILES string of the molecule is CN1C(=O)N=C2C1C(c1ccc3c(c1)OCO3)CC(=O)N2c1ccc(F)cc1. The van der Waals surface area contributed by atoms with Crippen molar-refractivity contribution in [2.45, 2.75) is 18.4 Å². The average Bonchev–Trinajstić information content (AvgIpc) is 3.26. The number of halogens is 1. The average molecular weight is 381 g/mol. The zero-order valence-corrected chi connectivity index (χ0v) is 15.0. The molecule has 28 heavy (non-hydrogen) atoms. The number of aliphatic imine (C=N–C) groups is 1. The molecule has 0 aromatic heterocycles. The molecule has 3 aliphatic heterocycles. The minimum absolute atomic E-state index is 0.162. The Morgan fingerprint density at radius 2 is 1.82 bits per heavy atom. The molecule has 0 bridgehead atoms. The van der Waals surface area contributed by atoms with Crippen molar-refractivity contribution in [2.24, 2.45) is 4.99 Å². The number of nitrogens with zero attached hydrogens (tertiary/aromatic N) is 3. The number of piperidine rings is 1. The molecule has 2 aromatic rings. The zero-order valence-electron chi connectivity index (χ0n) is 15.0. The van der Waals surface area contributed by atoms with Crippen molar-refractivity contribution in [2.75, 3.05) is 18.7 Å². The van der Waals surface area contributed by atoms with Gasteiger partial charge in [0.25, 0.3) is 0 Å².